The summed E-state index contributed by atoms with van der Waals surface area (Å²) in [5.74, 6) is -1.00. The molecule has 3 rings (SSSR count). The number of carboxylic acid groups (broad SMARTS) is 1. The first-order valence-corrected chi connectivity index (χ1v) is 7.88. The molecule has 1 aliphatic heterocycles. The van der Waals surface area contributed by atoms with Gasteiger partial charge in [-0.15, -0.1) is 11.3 Å². The summed E-state index contributed by atoms with van der Waals surface area (Å²) in [4.78, 5) is 33.4. The molecule has 3 heterocycles. The Morgan fingerprint density at radius 1 is 1.41 bits per heavy atom. The van der Waals surface area contributed by atoms with Crippen molar-refractivity contribution in [1.82, 2.24) is 19.4 Å². The molecule has 2 aromatic heterocycles. The molecule has 1 N–H and O–H groups in total. The quantitative estimate of drug-likeness (QED) is 0.928. The molecule has 0 aliphatic carbocycles. The standard InChI is InChI=1S/C14H16N4O3S/c1-17-6-10(15-8-17)13(19)18-4-2-3-9(5-18)12-16-11(7-22-12)14(20)21/h6-9H,2-5H2,1H3,(H,20,21). The van der Waals surface area contributed by atoms with E-state index in [0.29, 0.717) is 18.8 Å². The minimum Gasteiger partial charge on any atom is -0.476 e. The molecule has 22 heavy (non-hydrogen) atoms. The number of carboxylic acids is 1. The Bertz CT molecular complexity index is 709. The molecule has 0 radical (unpaired) electrons. The monoisotopic (exact) mass is 320 g/mol. The van der Waals surface area contributed by atoms with Crippen LogP contribution in [-0.4, -0.2) is 49.5 Å². The molecule has 7 nitrogen and oxygen atoms in total. The Balaban J connectivity index is 1.73. The number of aryl methyl sites for hydroxylation is 1. The van der Waals surface area contributed by atoms with Gasteiger partial charge in [-0.25, -0.2) is 14.8 Å². The topological polar surface area (TPSA) is 88.3 Å². The van der Waals surface area contributed by atoms with Crippen LogP contribution in [0.5, 0.6) is 0 Å². The van der Waals surface area contributed by atoms with Gasteiger partial charge in [0.05, 0.1) is 11.3 Å². The molecule has 2 aromatic rings. The lowest BCUT2D eigenvalue weighted by atomic mass is 9.98. The van der Waals surface area contributed by atoms with Gasteiger partial charge in [0.25, 0.3) is 5.91 Å². The third-order valence-electron chi connectivity index (χ3n) is 3.72. The van der Waals surface area contributed by atoms with E-state index in [-0.39, 0.29) is 17.5 Å². The van der Waals surface area contributed by atoms with Crippen molar-refractivity contribution in [3.05, 3.63) is 34.3 Å². The van der Waals surface area contributed by atoms with Gasteiger partial charge in [-0.3, -0.25) is 4.79 Å². The molecule has 116 valence electrons. The van der Waals surface area contributed by atoms with Crippen LogP contribution in [0.4, 0.5) is 0 Å². The van der Waals surface area contributed by atoms with Crippen molar-refractivity contribution in [3.63, 3.8) is 0 Å². The molecule has 0 saturated carbocycles. The van der Waals surface area contributed by atoms with Gasteiger partial charge >= 0.3 is 5.97 Å². The highest BCUT2D eigenvalue weighted by Gasteiger charge is 2.28. The summed E-state index contributed by atoms with van der Waals surface area (Å²) in [6, 6.07) is 0. The summed E-state index contributed by atoms with van der Waals surface area (Å²) in [5.41, 5.74) is 0.515. The van der Waals surface area contributed by atoms with Gasteiger partial charge in [-0.2, -0.15) is 0 Å². The predicted octanol–water partition coefficient (Wildman–Crippen LogP) is 1.59. The summed E-state index contributed by atoms with van der Waals surface area (Å²) < 4.78 is 1.74. The summed E-state index contributed by atoms with van der Waals surface area (Å²) in [7, 11) is 1.83. The van der Waals surface area contributed by atoms with Crippen molar-refractivity contribution in [2.45, 2.75) is 18.8 Å². The molecule has 0 spiro atoms. The number of aromatic carboxylic acids is 1. The van der Waals surface area contributed by atoms with Gasteiger partial charge in [0.15, 0.2) is 5.69 Å². The lowest BCUT2D eigenvalue weighted by Crippen LogP contribution is -2.39. The number of piperidine rings is 1. The van der Waals surface area contributed by atoms with E-state index in [1.54, 1.807) is 27.4 Å². The van der Waals surface area contributed by atoms with Crippen LogP contribution in [0.1, 0.15) is 44.7 Å². The Labute approximate surface area is 131 Å². The number of nitrogens with zero attached hydrogens (tertiary/aromatic N) is 4. The molecular formula is C14H16N4O3S. The maximum atomic E-state index is 12.4. The van der Waals surface area contributed by atoms with Gasteiger partial charge in [0.1, 0.15) is 5.69 Å². The minimum atomic E-state index is -1.01. The van der Waals surface area contributed by atoms with E-state index in [1.807, 2.05) is 7.05 Å². The number of amides is 1. The number of likely N-dealkylation sites (tertiary alicyclic amines) is 1. The highest BCUT2D eigenvalue weighted by Crippen LogP contribution is 2.29. The second-order valence-electron chi connectivity index (χ2n) is 5.39. The number of carbonyl (C=O) groups is 2. The molecule has 1 aliphatic rings. The average Bonchev–Trinajstić information content (AvgIpc) is 3.15. The van der Waals surface area contributed by atoms with Crippen LogP contribution in [0, 0.1) is 0 Å². The van der Waals surface area contributed by atoms with Crippen molar-refractivity contribution < 1.29 is 14.7 Å². The van der Waals surface area contributed by atoms with E-state index >= 15 is 0 Å². The lowest BCUT2D eigenvalue weighted by molar-refractivity contribution is 0.0681. The zero-order valence-electron chi connectivity index (χ0n) is 12.1. The number of carbonyl (C=O) groups excluding carboxylic acids is 1. The highest BCUT2D eigenvalue weighted by atomic mass is 32.1. The molecular weight excluding hydrogens is 304 g/mol. The Hall–Kier alpha value is -2.22. The molecule has 1 fully saturated rings. The first-order chi connectivity index (χ1) is 10.5. The van der Waals surface area contributed by atoms with Crippen molar-refractivity contribution >= 4 is 23.2 Å². The number of imidazole rings is 1. The summed E-state index contributed by atoms with van der Waals surface area (Å²) in [6.07, 6.45) is 5.11. The van der Waals surface area contributed by atoms with Gasteiger partial charge in [0.2, 0.25) is 0 Å². The average molecular weight is 320 g/mol. The van der Waals surface area contributed by atoms with Crippen LogP contribution >= 0.6 is 11.3 Å². The van der Waals surface area contributed by atoms with E-state index in [2.05, 4.69) is 9.97 Å². The third-order valence-corrected chi connectivity index (χ3v) is 4.73. The lowest BCUT2D eigenvalue weighted by Gasteiger charge is -2.31. The second-order valence-corrected chi connectivity index (χ2v) is 6.28. The molecule has 8 heteroatoms. The number of aromatic nitrogens is 3. The van der Waals surface area contributed by atoms with E-state index in [0.717, 1.165) is 17.8 Å². The van der Waals surface area contributed by atoms with Crippen LogP contribution in [0.3, 0.4) is 0 Å². The smallest absolute Gasteiger partial charge is 0.355 e. The van der Waals surface area contributed by atoms with E-state index in [4.69, 9.17) is 5.11 Å². The normalized spacial score (nSPS) is 18.4. The van der Waals surface area contributed by atoms with Crippen LogP contribution in [0.15, 0.2) is 17.9 Å². The Morgan fingerprint density at radius 3 is 2.86 bits per heavy atom. The van der Waals surface area contributed by atoms with Crippen LogP contribution < -0.4 is 0 Å². The molecule has 0 aromatic carbocycles. The maximum Gasteiger partial charge on any atom is 0.355 e. The largest absolute Gasteiger partial charge is 0.476 e. The second kappa shape index (κ2) is 5.88. The molecule has 1 unspecified atom stereocenters. The van der Waals surface area contributed by atoms with Gasteiger partial charge in [-0.05, 0) is 12.8 Å². The first-order valence-electron chi connectivity index (χ1n) is 7.00. The van der Waals surface area contributed by atoms with Crippen molar-refractivity contribution in [2.24, 2.45) is 7.05 Å². The van der Waals surface area contributed by atoms with Gasteiger partial charge < -0.3 is 14.6 Å². The van der Waals surface area contributed by atoms with Gasteiger partial charge in [-0.1, -0.05) is 0 Å². The number of hydrogen-bond donors (Lipinski definition) is 1. The third kappa shape index (κ3) is 2.87. The summed E-state index contributed by atoms with van der Waals surface area (Å²) in [5, 5.41) is 11.3. The summed E-state index contributed by atoms with van der Waals surface area (Å²) >= 11 is 1.35. The zero-order chi connectivity index (χ0) is 15.7. The molecule has 1 amide bonds. The van der Waals surface area contributed by atoms with Crippen molar-refractivity contribution in [2.75, 3.05) is 13.1 Å². The molecule has 0 bridgehead atoms. The number of rotatable bonds is 3. The maximum absolute atomic E-state index is 12.4. The predicted molar refractivity (Wildman–Crippen MR) is 80.2 cm³/mol. The zero-order valence-corrected chi connectivity index (χ0v) is 12.9. The highest BCUT2D eigenvalue weighted by molar-refractivity contribution is 7.09. The van der Waals surface area contributed by atoms with Gasteiger partial charge in [0, 0.05) is 37.6 Å². The molecule has 1 atom stereocenters. The molecule has 1 saturated heterocycles. The van der Waals surface area contributed by atoms with Crippen LogP contribution in [0.2, 0.25) is 0 Å². The van der Waals surface area contributed by atoms with E-state index in [9.17, 15) is 9.59 Å². The first kappa shape index (κ1) is 14.7. The van der Waals surface area contributed by atoms with Crippen LogP contribution in [-0.2, 0) is 7.05 Å². The number of thiazole rings is 1. The fourth-order valence-corrected chi connectivity index (χ4v) is 3.54. The minimum absolute atomic E-state index is 0.0770. The number of hydrogen-bond acceptors (Lipinski definition) is 5. The fourth-order valence-electron chi connectivity index (χ4n) is 2.62. The SMILES string of the molecule is Cn1cnc(C(=O)N2CCCC(c3nc(C(=O)O)cs3)C2)c1. The van der Waals surface area contributed by atoms with E-state index < -0.39 is 5.97 Å². The van der Waals surface area contributed by atoms with E-state index in [1.165, 1.54) is 11.3 Å². The Kier molecular flexibility index (Phi) is 3.93. The van der Waals surface area contributed by atoms with Crippen molar-refractivity contribution in [1.29, 1.82) is 0 Å². The fraction of sp³-hybridized carbons (Fsp3) is 0.429. The van der Waals surface area contributed by atoms with Crippen molar-refractivity contribution in [3.8, 4) is 0 Å². The summed E-state index contributed by atoms with van der Waals surface area (Å²) in [6.45, 7) is 1.26. The van der Waals surface area contributed by atoms with Crippen LogP contribution in [0.25, 0.3) is 0 Å². The Morgan fingerprint density at radius 2 is 2.23 bits per heavy atom.